The van der Waals surface area contributed by atoms with Crippen LogP contribution in [0.4, 0.5) is 0 Å². The van der Waals surface area contributed by atoms with Gasteiger partial charge < -0.3 is 10.6 Å². The van der Waals surface area contributed by atoms with Crippen molar-refractivity contribution in [1.82, 2.24) is 9.80 Å². The number of rotatable bonds is 3. The molecule has 1 amide bonds. The van der Waals surface area contributed by atoms with Gasteiger partial charge in [0.05, 0.1) is 17.1 Å². The third kappa shape index (κ3) is 2.66. The van der Waals surface area contributed by atoms with Crippen LogP contribution in [0.1, 0.15) is 19.8 Å². The number of thiocarbonyl (C=S) groups is 1. The Morgan fingerprint density at radius 2 is 2.20 bits per heavy atom. The van der Waals surface area contributed by atoms with Gasteiger partial charge in [0.15, 0.2) is 0 Å². The van der Waals surface area contributed by atoms with Gasteiger partial charge >= 0.3 is 0 Å². The molecule has 0 spiro atoms. The molecule has 0 aromatic heterocycles. The Morgan fingerprint density at radius 3 is 2.67 bits per heavy atom. The predicted molar refractivity (Wildman–Crippen MR) is 64.7 cm³/mol. The minimum atomic E-state index is -0.131. The Labute approximate surface area is 96.4 Å². The van der Waals surface area contributed by atoms with Crippen molar-refractivity contribution < 1.29 is 4.79 Å². The van der Waals surface area contributed by atoms with Crippen LogP contribution in [0.15, 0.2) is 0 Å². The number of carbonyl (C=O) groups is 1. The number of hydrogen-bond donors (Lipinski definition) is 1. The van der Waals surface area contributed by atoms with Gasteiger partial charge in [-0.3, -0.25) is 9.69 Å². The highest BCUT2D eigenvalue weighted by Gasteiger charge is 2.33. The van der Waals surface area contributed by atoms with E-state index >= 15 is 0 Å². The van der Waals surface area contributed by atoms with Gasteiger partial charge in [-0.05, 0) is 26.3 Å². The van der Waals surface area contributed by atoms with Crippen LogP contribution in [0.25, 0.3) is 0 Å². The Hall–Kier alpha value is -0.680. The molecule has 5 heteroatoms. The van der Waals surface area contributed by atoms with Crippen LogP contribution >= 0.6 is 12.2 Å². The molecule has 2 unspecified atom stereocenters. The van der Waals surface area contributed by atoms with E-state index in [4.69, 9.17) is 18.0 Å². The topological polar surface area (TPSA) is 49.6 Å². The van der Waals surface area contributed by atoms with Crippen molar-refractivity contribution in [3.63, 3.8) is 0 Å². The van der Waals surface area contributed by atoms with E-state index < -0.39 is 0 Å². The van der Waals surface area contributed by atoms with Crippen LogP contribution in [-0.4, -0.2) is 53.4 Å². The lowest BCUT2D eigenvalue weighted by Crippen LogP contribution is -2.50. The number of amides is 1. The van der Waals surface area contributed by atoms with Crippen molar-refractivity contribution in [2.45, 2.75) is 31.8 Å². The second kappa shape index (κ2) is 4.90. The van der Waals surface area contributed by atoms with Crippen molar-refractivity contribution in [1.29, 1.82) is 0 Å². The number of nitrogens with two attached hydrogens (primary N) is 1. The van der Waals surface area contributed by atoms with Crippen molar-refractivity contribution in [3.8, 4) is 0 Å². The van der Waals surface area contributed by atoms with E-state index in [0.717, 1.165) is 19.4 Å². The summed E-state index contributed by atoms with van der Waals surface area (Å²) in [5.74, 6) is 0.109. The monoisotopic (exact) mass is 229 g/mol. The third-order valence-electron chi connectivity index (χ3n) is 2.92. The summed E-state index contributed by atoms with van der Waals surface area (Å²) >= 11 is 5.02. The number of likely N-dealkylation sites (tertiary alicyclic amines) is 1. The minimum Gasteiger partial charge on any atom is -0.392 e. The summed E-state index contributed by atoms with van der Waals surface area (Å²) in [5.41, 5.74) is 5.67. The summed E-state index contributed by atoms with van der Waals surface area (Å²) < 4.78 is 0. The molecular formula is C10H19N3OS. The third-order valence-corrected chi connectivity index (χ3v) is 3.19. The zero-order chi connectivity index (χ0) is 11.6. The van der Waals surface area contributed by atoms with Gasteiger partial charge in [-0.15, -0.1) is 0 Å². The molecule has 15 heavy (non-hydrogen) atoms. The summed E-state index contributed by atoms with van der Waals surface area (Å²) in [5, 5.41) is 0. The van der Waals surface area contributed by atoms with Gasteiger partial charge in [-0.25, -0.2) is 0 Å². The SMILES string of the molecule is CC(C(=O)N(C)C)N1CCCC1C(N)=S. The van der Waals surface area contributed by atoms with Crippen LogP contribution in [0.3, 0.4) is 0 Å². The first-order valence-electron chi connectivity index (χ1n) is 5.21. The Bertz CT molecular complexity index is 267. The molecule has 1 aliphatic heterocycles. The molecule has 2 N–H and O–H groups in total. The smallest absolute Gasteiger partial charge is 0.239 e. The number of carbonyl (C=O) groups excluding carboxylic acids is 1. The minimum absolute atomic E-state index is 0.0962. The summed E-state index contributed by atoms with van der Waals surface area (Å²) in [6.45, 7) is 2.82. The fraction of sp³-hybridized carbons (Fsp3) is 0.800. The van der Waals surface area contributed by atoms with Gasteiger partial charge in [0.2, 0.25) is 5.91 Å². The molecule has 0 aromatic rings. The lowest BCUT2D eigenvalue weighted by Gasteiger charge is -2.30. The molecule has 0 radical (unpaired) electrons. The van der Waals surface area contributed by atoms with Crippen LogP contribution in [0, 0.1) is 0 Å². The quantitative estimate of drug-likeness (QED) is 0.703. The molecule has 1 aliphatic rings. The highest BCUT2D eigenvalue weighted by molar-refractivity contribution is 7.80. The van der Waals surface area contributed by atoms with Crippen LogP contribution in [0.5, 0.6) is 0 Å². The van der Waals surface area contributed by atoms with Gasteiger partial charge in [0.1, 0.15) is 0 Å². The fourth-order valence-electron chi connectivity index (χ4n) is 2.07. The summed E-state index contributed by atoms with van der Waals surface area (Å²) in [4.78, 5) is 16.0. The average molecular weight is 229 g/mol. The number of hydrogen-bond acceptors (Lipinski definition) is 3. The van der Waals surface area contributed by atoms with Crippen molar-refractivity contribution in [3.05, 3.63) is 0 Å². The summed E-state index contributed by atoms with van der Waals surface area (Å²) in [7, 11) is 3.54. The molecule has 1 saturated heterocycles. The molecule has 0 aliphatic carbocycles. The standard InChI is InChI=1S/C10H19N3OS/c1-7(10(14)12(2)3)13-6-4-5-8(13)9(11)15/h7-8H,4-6H2,1-3H3,(H2,11,15). The van der Waals surface area contributed by atoms with Gasteiger partial charge in [-0.1, -0.05) is 12.2 Å². The first-order valence-corrected chi connectivity index (χ1v) is 5.62. The van der Waals surface area contributed by atoms with Gasteiger partial charge in [-0.2, -0.15) is 0 Å². The highest BCUT2D eigenvalue weighted by Crippen LogP contribution is 2.20. The van der Waals surface area contributed by atoms with Crippen LogP contribution in [-0.2, 0) is 4.79 Å². The lowest BCUT2D eigenvalue weighted by molar-refractivity contribution is -0.133. The van der Waals surface area contributed by atoms with Crippen LogP contribution < -0.4 is 5.73 Å². The maximum Gasteiger partial charge on any atom is 0.239 e. The van der Waals surface area contributed by atoms with E-state index in [1.165, 1.54) is 0 Å². The first kappa shape index (κ1) is 12.4. The van der Waals surface area contributed by atoms with E-state index in [1.54, 1.807) is 19.0 Å². The van der Waals surface area contributed by atoms with Gasteiger partial charge in [0.25, 0.3) is 0 Å². The molecule has 0 aromatic carbocycles. The Morgan fingerprint density at radius 1 is 1.60 bits per heavy atom. The fourth-order valence-corrected chi connectivity index (χ4v) is 2.33. The Balaban J connectivity index is 2.70. The Kier molecular flexibility index (Phi) is 4.04. The first-order chi connectivity index (χ1) is 6.95. The molecule has 4 nitrogen and oxygen atoms in total. The zero-order valence-electron chi connectivity index (χ0n) is 9.56. The summed E-state index contributed by atoms with van der Waals surface area (Å²) in [6.07, 6.45) is 2.04. The average Bonchev–Trinajstić information content (AvgIpc) is 2.63. The molecule has 1 fully saturated rings. The van der Waals surface area contributed by atoms with E-state index in [0.29, 0.717) is 4.99 Å². The van der Waals surface area contributed by atoms with Crippen LogP contribution in [0.2, 0.25) is 0 Å². The van der Waals surface area contributed by atoms with Crippen molar-refractivity contribution >= 4 is 23.1 Å². The maximum atomic E-state index is 11.8. The molecule has 2 atom stereocenters. The van der Waals surface area contributed by atoms with Gasteiger partial charge in [0, 0.05) is 14.1 Å². The normalized spacial score (nSPS) is 23.8. The second-order valence-corrected chi connectivity index (χ2v) is 4.68. The highest BCUT2D eigenvalue weighted by atomic mass is 32.1. The van der Waals surface area contributed by atoms with Crippen molar-refractivity contribution in [2.75, 3.05) is 20.6 Å². The molecule has 0 saturated carbocycles. The predicted octanol–water partition coefficient (Wildman–Crippen LogP) is 0.214. The molecule has 86 valence electrons. The molecule has 1 rings (SSSR count). The maximum absolute atomic E-state index is 11.8. The molecule has 1 heterocycles. The van der Waals surface area contributed by atoms with Crippen molar-refractivity contribution in [2.24, 2.45) is 5.73 Å². The van der Waals surface area contributed by atoms with E-state index in [2.05, 4.69) is 4.90 Å². The number of nitrogens with zero attached hydrogens (tertiary/aromatic N) is 2. The molecule has 0 bridgehead atoms. The molecular weight excluding hydrogens is 210 g/mol. The van der Waals surface area contributed by atoms with E-state index in [1.807, 2.05) is 6.92 Å². The zero-order valence-corrected chi connectivity index (χ0v) is 10.4. The number of likely N-dealkylation sites (N-methyl/N-ethyl adjacent to an activating group) is 1. The summed E-state index contributed by atoms with van der Waals surface area (Å²) in [6, 6.07) is -0.0344. The lowest BCUT2D eigenvalue weighted by atomic mass is 10.2. The van der Waals surface area contributed by atoms with E-state index in [9.17, 15) is 4.79 Å². The second-order valence-electron chi connectivity index (χ2n) is 4.21. The largest absolute Gasteiger partial charge is 0.392 e. The van der Waals surface area contributed by atoms with E-state index in [-0.39, 0.29) is 18.0 Å².